The van der Waals surface area contributed by atoms with Crippen molar-refractivity contribution in [2.45, 2.75) is 58.4 Å². The van der Waals surface area contributed by atoms with E-state index in [4.69, 9.17) is 0 Å². The third kappa shape index (κ3) is 5.10. The Morgan fingerprint density at radius 2 is 1.73 bits per heavy atom. The predicted molar refractivity (Wildman–Crippen MR) is 88.4 cm³/mol. The summed E-state index contributed by atoms with van der Waals surface area (Å²) in [4.78, 5) is 12.0. The molecule has 0 saturated heterocycles. The molecular formula is C16H26N2O3S. The normalized spacial score (nSPS) is 13.0. The average molecular weight is 326 g/mol. The van der Waals surface area contributed by atoms with Crippen molar-refractivity contribution in [2.75, 3.05) is 6.54 Å². The fraction of sp³-hybridized carbons (Fsp3) is 0.562. The van der Waals surface area contributed by atoms with Gasteiger partial charge < -0.3 is 5.32 Å². The van der Waals surface area contributed by atoms with Crippen LogP contribution in [0, 0.1) is 20.8 Å². The standard InChI is InChI=1S/C16H26N2O3S/c1-6-14(5)18-15(19)7-8-17-22(20,21)16-12(3)9-11(2)10-13(16)4/h9-10,14,17H,6-8H2,1-5H3,(H,18,19). The van der Waals surface area contributed by atoms with Crippen molar-refractivity contribution in [2.24, 2.45) is 0 Å². The minimum Gasteiger partial charge on any atom is -0.354 e. The van der Waals surface area contributed by atoms with Crippen LogP contribution in [0.2, 0.25) is 0 Å². The molecule has 1 rings (SSSR count). The van der Waals surface area contributed by atoms with Crippen molar-refractivity contribution in [1.82, 2.24) is 10.0 Å². The van der Waals surface area contributed by atoms with Crippen LogP contribution >= 0.6 is 0 Å². The lowest BCUT2D eigenvalue weighted by atomic mass is 10.1. The molecule has 6 heteroatoms. The van der Waals surface area contributed by atoms with Crippen molar-refractivity contribution >= 4 is 15.9 Å². The molecular weight excluding hydrogens is 300 g/mol. The Balaban J connectivity index is 2.72. The predicted octanol–water partition coefficient (Wildman–Crippen LogP) is 2.19. The van der Waals surface area contributed by atoms with Gasteiger partial charge in [-0.1, -0.05) is 24.6 Å². The molecule has 0 bridgehead atoms. The van der Waals surface area contributed by atoms with E-state index in [0.29, 0.717) is 16.0 Å². The third-order valence-electron chi connectivity index (χ3n) is 3.54. The van der Waals surface area contributed by atoms with Crippen molar-refractivity contribution in [3.63, 3.8) is 0 Å². The van der Waals surface area contributed by atoms with Gasteiger partial charge in [-0.2, -0.15) is 0 Å². The summed E-state index contributed by atoms with van der Waals surface area (Å²) >= 11 is 0. The number of hydrogen-bond acceptors (Lipinski definition) is 3. The van der Waals surface area contributed by atoms with Crippen molar-refractivity contribution < 1.29 is 13.2 Å². The van der Waals surface area contributed by atoms with Gasteiger partial charge >= 0.3 is 0 Å². The van der Waals surface area contributed by atoms with E-state index in [9.17, 15) is 13.2 Å². The number of benzene rings is 1. The van der Waals surface area contributed by atoms with Crippen LogP contribution in [-0.4, -0.2) is 26.9 Å². The highest BCUT2D eigenvalue weighted by atomic mass is 32.2. The Labute approximate surface area is 133 Å². The third-order valence-corrected chi connectivity index (χ3v) is 5.30. The second kappa shape index (κ2) is 7.74. The first-order valence-corrected chi connectivity index (χ1v) is 9.02. The van der Waals surface area contributed by atoms with E-state index >= 15 is 0 Å². The first kappa shape index (κ1) is 18.6. The monoisotopic (exact) mass is 326 g/mol. The molecule has 1 unspecified atom stereocenters. The summed E-state index contributed by atoms with van der Waals surface area (Å²) < 4.78 is 27.3. The fourth-order valence-corrected chi connectivity index (χ4v) is 3.89. The molecule has 1 amide bonds. The second-order valence-corrected chi connectivity index (χ2v) is 7.46. The number of nitrogens with one attached hydrogen (secondary N) is 2. The highest BCUT2D eigenvalue weighted by molar-refractivity contribution is 7.89. The van der Waals surface area contributed by atoms with Gasteiger partial charge in [-0.3, -0.25) is 4.79 Å². The fourth-order valence-electron chi connectivity index (χ4n) is 2.41. The van der Waals surface area contributed by atoms with Crippen LogP contribution in [-0.2, 0) is 14.8 Å². The number of rotatable bonds is 7. The van der Waals surface area contributed by atoms with Crippen molar-refractivity contribution in [1.29, 1.82) is 0 Å². The Hall–Kier alpha value is -1.40. The van der Waals surface area contributed by atoms with E-state index < -0.39 is 10.0 Å². The summed E-state index contributed by atoms with van der Waals surface area (Å²) in [7, 11) is -3.60. The minimum atomic E-state index is -3.60. The summed E-state index contributed by atoms with van der Waals surface area (Å²) in [6, 6.07) is 3.79. The van der Waals surface area contributed by atoms with E-state index in [1.54, 1.807) is 13.8 Å². The second-order valence-electron chi connectivity index (χ2n) is 5.75. The molecule has 0 radical (unpaired) electrons. The first-order chi connectivity index (χ1) is 10.2. The molecule has 0 heterocycles. The lowest BCUT2D eigenvalue weighted by molar-refractivity contribution is -0.121. The largest absolute Gasteiger partial charge is 0.354 e. The number of sulfonamides is 1. The SMILES string of the molecule is CCC(C)NC(=O)CCNS(=O)(=O)c1c(C)cc(C)cc1C. The number of carbonyl (C=O) groups is 1. The topological polar surface area (TPSA) is 75.3 Å². The molecule has 1 aromatic carbocycles. The van der Waals surface area contributed by atoms with Gasteiger partial charge in [0.1, 0.15) is 0 Å². The van der Waals surface area contributed by atoms with E-state index in [1.807, 2.05) is 32.9 Å². The summed E-state index contributed by atoms with van der Waals surface area (Å²) in [6.07, 6.45) is 0.979. The van der Waals surface area contributed by atoms with Crippen LogP contribution in [0.15, 0.2) is 17.0 Å². The molecule has 2 N–H and O–H groups in total. The summed E-state index contributed by atoms with van der Waals surface area (Å²) in [5.41, 5.74) is 2.46. The smallest absolute Gasteiger partial charge is 0.241 e. The van der Waals surface area contributed by atoms with E-state index in [2.05, 4.69) is 10.0 Å². The van der Waals surface area contributed by atoms with Gasteiger partial charge in [0.25, 0.3) is 0 Å². The number of aryl methyl sites for hydroxylation is 3. The van der Waals surface area contributed by atoms with Gasteiger partial charge in [0.2, 0.25) is 15.9 Å². The zero-order valence-electron chi connectivity index (χ0n) is 14.0. The molecule has 0 fully saturated rings. The molecule has 0 aromatic heterocycles. The van der Waals surface area contributed by atoms with Crippen LogP contribution in [0.25, 0.3) is 0 Å². The van der Waals surface area contributed by atoms with Crippen LogP contribution in [0.5, 0.6) is 0 Å². The van der Waals surface area contributed by atoms with E-state index in [0.717, 1.165) is 12.0 Å². The van der Waals surface area contributed by atoms with E-state index in [-0.39, 0.29) is 24.9 Å². The molecule has 5 nitrogen and oxygen atoms in total. The van der Waals surface area contributed by atoms with Crippen LogP contribution in [0.3, 0.4) is 0 Å². The lowest BCUT2D eigenvalue weighted by Gasteiger charge is -2.14. The molecule has 22 heavy (non-hydrogen) atoms. The van der Waals surface area contributed by atoms with E-state index in [1.165, 1.54) is 0 Å². The van der Waals surface area contributed by atoms with Crippen LogP contribution < -0.4 is 10.0 Å². The highest BCUT2D eigenvalue weighted by Crippen LogP contribution is 2.21. The average Bonchev–Trinajstić information content (AvgIpc) is 2.36. The zero-order chi connectivity index (χ0) is 16.9. The quantitative estimate of drug-likeness (QED) is 0.806. The maximum absolute atomic E-state index is 12.4. The molecule has 0 aliphatic carbocycles. The van der Waals surface area contributed by atoms with Gasteiger partial charge in [0.15, 0.2) is 0 Å². The maximum atomic E-state index is 12.4. The van der Waals surface area contributed by atoms with Gasteiger partial charge in [0, 0.05) is 19.0 Å². The zero-order valence-corrected chi connectivity index (χ0v) is 14.8. The first-order valence-electron chi connectivity index (χ1n) is 7.54. The number of hydrogen-bond donors (Lipinski definition) is 2. The Kier molecular flexibility index (Phi) is 6.56. The van der Waals surface area contributed by atoms with Gasteiger partial charge in [-0.05, 0) is 45.2 Å². The molecule has 1 aromatic rings. The Morgan fingerprint density at radius 1 is 1.18 bits per heavy atom. The van der Waals surface area contributed by atoms with Crippen molar-refractivity contribution in [3.05, 3.63) is 28.8 Å². The van der Waals surface area contributed by atoms with Crippen LogP contribution in [0.4, 0.5) is 0 Å². The molecule has 0 saturated carbocycles. The minimum absolute atomic E-state index is 0.0946. The van der Waals surface area contributed by atoms with Gasteiger partial charge in [-0.25, -0.2) is 13.1 Å². The van der Waals surface area contributed by atoms with Gasteiger partial charge in [-0.15, -0.1) is 0 Å². The summed E-state index contributed by atoms with van der Waals surface area (Å²) in [5, 5.41) is 2.81. The molecule has 1 atom stereocenters. The molecule has 124 valence electrons. The van der Waals surface area contributed by atoms with Crippen LogP contribution in [0.1, 0.15) is 43.4 Å². The maximum Gasteiger partial charge on any atom is 0.241 e. The number of carbonyl (C=O) groups excluding carboxylic acids is 1. The number of amides is 1. The van der Waals surface area contributed by atoms with Gasteiger partial charge in [0.05, 0.1) is 4.90 Å². The Morgan fingerprint density at radius 3 is 2.23 bits per heavy atom. The molecule has 0 aliphatic heterocycles. The summed E-state index contributed by atoms with van der Waals surface area (Å²) in [5.74, 6) is -0.144. The highest BCUT2D eigenvalue weighted by Gasteiger charge is 2.19. The molecule has 0 aliphatic rings. The molecule has 0 spiro atoms. The Bertz CT molecular complexity index is 616. The summed E-state index contributed by atoms with van der Waals surface area (Å²) in [6.45, 7) is 9.49. The van der Waals surface area contributed by atoms with Crippen molar-refractivity contribution in [3.8, 4) is 0 Å². The lowest BCUT2D eigenvalue weighted by Crippen LogP contribution is -2.35.